The van der Waals surface area contributed by atoms with Crippen LogP contribution in [-0.4, -0.2) is 33.8 Å². The second-order valence-corrected chi connectivity index (χ2v) is 8.63. The molecule has 0 spiro atoms. The van der Waals surface area contributed by atoms with Gasteiger partial charge in [-0.1, -0.05) is 32.0 Å². The lowest BCUT2D eigenvalue weighted by Crippen LogP contribution is -2.66. The summed E-state index contributed by atoms with van der Waals surface area (Å²) in [5.41, 5.74) is 6.94. The molecule has 25 heavy (non-hydrogen) atoms. The monoisotopic (exact) mass is 345 g/mol. The highest BCUT2D eigenvalue weighted by molar-refractivity contribution is 6.40. The van der Waals surface area contributed by atoms with E-state index < -0.39 is 22.9 Å². The molecule has 0 atom stereocenters. The number of nitrogens with zero attached hydrogens (tertiary/aromatic N) is 1. The van der Waals surface area contributed by atoms with Crippen LogP contribution in [0.2, 0.25) is 0 Å². The van der Waals surface area contributed by atoms with Crippen molar-refractivity contribution in [2.24, 2.45) is 5.73 Å². The van der Waals surface area contributed by atoms with E-state index in [-0.39, 0.29) is 12.0 Å². The van der Waals surface area contributed by atoms with Crippen LogP contribution in [0.1, 0.15) is 65.9 Å². The van der Waals surface area contributed by atoms with E-state index >= 15 is 0 Å². The molecule has 5 nitrogen and oxygen atoms in total. The molecular weight excluding hydrogens is 314 g/mol. The standard InChI is InChI=1S/C20H31N3O2/c1-13(2)15-9-7-8-10-16(15)22-17(24)18(25)23-19(3,4)11-14(21)12-20(23,5)6/h7-10,13-14H,11-12,21H2,1-6H3,(H,22,24). The average Bonchev–Trinajstić information content (AvgIpc) is 2.44. The van der Waals surface area contributed by atoms with Gasteiger partial charge in [0, 0.05) is 22.8 Å². The highest BCUT2D eigenvalue weighted by Crippen LogP contribution is 2.38. The Labute approximate surface area is 151 Å². The van der Waals surface area contributed by atoms with Gasteiger partial charge in [0.1, 0.15) is 0 Å². The Morgan fingerprint density at radius 2 is 1.64 bits per heavy atom. The first-order valence-corrected chi connectivity index (χ1v) is 8.96. The van der Waals surface area contributed by atoms with Crippen molar-refractivity contribution in [1.29, 1.82) is 0 Å². The number of rotatable bonds is 2. The van der Waals surface area contributed by atoms with Crippen molar-refractivity contribution < 1.29 is 9.59 Å². The smallest absolute Gasteiger partial charge is 0.313 e. The summed E-state index contributed by atoms with van der Waals surface area (Å²) in [6, 6.07) is 7.63. The molecule has 0 unspecified atom stereocenters. The largest absolute Gasteiger partial charge is 0.328 e. The number of amides is 2. The highest BCUT2D eigenvalue weighted by atomic mass is 16.2. The molecule has 1 aliphatic rings. The van der Waals surface area contributed by atoms with Gasteiger partial charge in [-0.05, 0) is 58.1 Å². The van der Waals surface area contributed by atoms with Crippen LogP contribution in [0.3, 0.4) is 0 Å². The molecule has 1 aromatic rings. The number of carbonyl (C=O) groups excluding carboxylic acids is 2. The van der Waals surface area contributed by atoms with Crippen molar-refractivity contribution in [2.75, 3.05) is 5.32 Å². The number of nitrogens with one attached hydrogen (secondary N) is 1. The van der Waals surface area contributed by atoms with Crippen LogP contribution in [0.4, 0.5) is 5.69 Å². The fourth-order valence-electron chi connectivity index (χ4n) is 4.30. The van der Waals surface area contributed by atoms with Crippen molar-refractivity contribution >= 4 is 17.5 Å². The third-order valence-electron chi connectivity index (χ3n) is 4.96. The summed E-state index contributed by atoms with van der Waals surface area (Å²) in [5.74, 6) is -0.836. The molecule has 2 rings (SSSR count). The van der Waals surface area contributed by atoms with Gasteiger partial charge in [0.25, 0.3) is 0 Å². The lowest BCUT2D eigenvalue weighted by Gasteiger charge is -2.54. The van der Waals surface area contributed by atoms with Crippen molar-refractivity contribution in [3.8, 4) is 0 Å². The summed E-state index contributed by atoms with van der Waals surface area (Å²) in [5, 5.41) is 2.81. The zero-order chi connectivity index (χ0) is 19.0. The Hall–Kier alpha value is -1.88. The van der Waals surface area contributed by atoms with Crippen molar-refractivity contribution in [1.82, 2.24) is 4.90 Å². The van der Waals surface area contributed by atoms with Gasteiger partial charge in [0.15, 0.2) is 0 Å². The maximum absolute atomic E-state index is 13.0. The number of benzene rings is 1. The van der Waals surface area contributed by atoms with Crippen LogP contribution in [0.15, 0.2) is 24.3 Å². The van der Waals surface area contributed by atoms with E-state index in [2.05, 4.69) is 19.2 Å². The normalized spacial score (nSPS) is 19.8. The number of piperidine rings is 1. The van der Waals surface area contributed by atoms with E-state index in [1.165, 1.54) is 0 Å². The maximum atomic E-state index is 13.0. The van der Waals surface area contributed by atoms with Crippen LogP contribution in [0, 0.1) is 0 Å². The predicted molar refractivity (Wildman–Crippen MR) is 101 cm³/mol. The zero-order valence-corrected chi connectivity index (χ0v) is 16.2. The molecular formula is C20H31N3O2. The van der Waals surface area contributed by atoms with Gasteiger partial charge in [-0.15, -0.1) is 0 Å². The van der Waals surface area contributed by atoms with Gasteiger partial charge in [-0.2, -0.15) is 0 Å². The van der Waals surface area contributed by atoms with E-state index in [1.807, 2.05) is 52.0 Å². The minimum Gasteiger partial charge on any atom is -0.328 e. The van der Waals surface area contributed by atoms with E-state index in [1.54, 1.807) is 4.90 Å². The van der Waals surface area contributed by atoms with Crippen molar-refractivity contribution in [3.63, 3.8) is 0 Å². The number of hydrogen-bond acceptors (Lipinski definition) is 3. The van der Waals surface area contributed by atoms with Crippen LogP contribution in [0.25, 0.3) is 0 Å². The molecule has 0 aliphatic carbocycles. The molecule has 0 bridgehead atoms. The fraction of sp³-hybridized carbons (Fsp3) is 0.600. The first kappa shape index (κ1) is 19.4. The highest BCUT2D eigenvalue weighted by Gasteiger charge is 2.48. The van der Waals surface area contributed by atoms with Crippen LogP contribution in [-0.2, 0) is 9.59 Å². The summed E-state index contributed by atoms with van der Waals surface area (Å²) in [6.45, 7) is 12.0. The molecule has 0 radical (unpaired) electrons. The van der Waals surface area contributed by atoms with Gasteiger partial charge in [-0.3, -0.25) is 9.59 Å². The zero-order valence-electron chi connectivity index (χ0n) is 16.2. The summed E-state index contributed by atoms with van der Waals surface area (Å²) >= 11 is 0. The quantitative estimate of drug-likeness (QED) is 0.808. The first-order chi connectivity index (χ1) is 11.5. The third-order valence-corrected chi connectivity index (χ3v) is 4.96. The van der Waals surface area contributed by atoms with E-state index in [9.17, 15) is 9.59 Å². The molecule has 2 amide bonds. The number of para-hydroxylation sites is 1. The van der Waals surface area contributed by atoms with Crippen LogP contribution in [0.5, 0.6) is 0 Å². The van der Waals surface area contributed by atoms with Crippen molar-refractivity contribution in [2.45, 2.75) is 77.4 Å². The summed E-state index contributed by atoms with van der Waals surface area (Å²) in [7, 11) is 0. The Kier molecular flexibility index (Phi) is 5.28. The van der Waals surface area contributed by atoms with Gasteiger partial charge in [0.05, 0.1) is 0 Å². The number of carbonyl (C=O) groups is 2. The second kappa shape index (κ2) is 6.79. The molecule has 1 heterocycles. The molecule has 1 fully saturated rings. The molecule has 1 aliphatic heterocycles. The summed E-state index contributed by atoms with van der Waals surface area (Å²) in [6.07, 6.45) is 1.36. The lowest BCUT2D eigenvalue weighted by atomic mass is 9.77. The van der Waals surface area contributed by atoms with Crippen LogP contribution >= 0.6 is 0 Å². The third kappa shape index (κ3) is 4.03. The topological polar surface area (TPSA) is 75.4 Å². The Bertz CT molecular complexity index is 647. The average molecular weight is 345 g/mol. The molecule has 1 saturated heterocycles. The first-order valence-electron chi connectivity index (χ1n) is 8.96. The molecule has 1 aromatic carbocycles. The summed E-state index contributed by atoms with van der Waals surface area (Å²) < 4.78 is 0. The predicted octanol–water partition coefficient (Wildman–Crippen LogP) is 3.26. The van der Waals surface area contributed by atoms with Gasteiger partial charge in [-0.25, -0.2) is 0 Å². The van der Waals surface area contributed by atoms with Gasteiger partial charge < -0.3 is 16.0 Å². The van der Waals surface area contributed by atoms with E-state index in [0.717, 1.165) is 5.56 Å². The number of anilines is 1. The lowest BCUT2D eigenvalue weighted by molar-refractivity contribution is -0.156. The summed E-state index contributed by atoms with van der Waals surface area (Å²) in [4.78, 5) is 27.4. The maximum Gasteiger partial charge on any atom is 0.313 e. The minimum atomic E-state index is -0.593. The number of likely N-dealkylation sites (tertiary alicyclic amines) is 1. The molecule has 138 valence electrons. The van der Waals surface area contributed by atoms with Gasteiger partial charge >= 0.3 is 11.8 Å². The van der Waals surface area contributed by atoms with Gasteiger partial charge in [0.2, 0.25) is 0 Å². The number of hydrogen-bond donors (Lipinski definition) is 2. The second-order valence-electron chi connectivity index (χ2n) is 8.63. The fourth-order valence-corrected chi connectivity index (χ4v) is 4.30. The Balaban J connectivity index is 2.26. The Morgan fingerprint density at radius 3 is 2.16 bits per heavy atom. The van der Waals surface area contributed by atoms with E-state index in [4.69, 9.17) is 5.73 Å². The SMILES string of the molecule is CC(C)c1ccccc1NC(=O)C(=O)N1C(C)(C)CC(N)CC1(C)C. The molecule has 5 heteroatoms. The molecule has 0 saturated carbocycles. The van der Waals surface area contributed by atoms with E-state index in [0.29, 0.717) is 18.5 Å². The van der Waals surface area contributed by atoms with Crippen molar-refractivity contribution in [3.05, 3.63) is 29.8 Å². The Morgan fingerprint density at radius 1 is 1.12 bits per heavy atom. The molecule has 3 N–H and O–H groups in total. The minimum absolute atomic E-state index is 0.0266. The molecule has 0 aromatic heterocycles. The van der Waals surface area contributed by atoms with Crippen LogP contribution < -0.4 is 11.1 Å². The number of nitrogens with two attached hydrogens (primary N) is 1.